The largest absolute Gasteiger partial charge is 0.384 e. The molecule has 0 spiro atoms. The molecule has 0 radical (unpaired) electrons. The molecule has 2 atom stereocenters. The van der Waals surface area contributed by atoms with E-state index in [2.05, 4.69) is 10.6 Å². The van der Waals surface area contributed by atoms with Crippen LogP contribution in [-0.2, 0) is 14.3 Å². The summed E-state index contributed by atoms with van der Waals surface area (Å²) >= 11 is 1.42. The molecule has 1 aliphatic heterocycles. The first kappa shape index (κ1) is 19.4. The fraction of sp³-hybridized carbons (Fsp3) is 0.588. The van der Waals surface area contributed by atoms with E-state index in [1.165, 1.54) is 18.4 Å². The normalized spacial score (nSPS) is 19.7. The molecule has 25 heavy (non-hydrogen) atoms. The number of carbonyl (C=O) groups is 3. The van der Waals surface area contributed by atoms with Crippen LogP contribution < -0.4 is 10.6 Å². The van der Waals surface area contributed by atoms with E-state index in [1.807, 2.05) is 19.9 Å². The van der Waals surface area contributed by atoms with E-state index < -0.39 is 6.04 Å². The summed E-state index contributed by atoms with van der Waals surface area (Å²) < 4.78 is 4.95. The molecule has 1 aromatic rings. The van der Waals surface area contributed by atoms with Crippen molar-refractivity contribution in [1.82, 2.24) is 15.5 Å². The monoisotopic (exact) mass is 367 g/mol. The topological polar surface area (TPSA) is 87.7 Å². The molecule has 1 aromatic heterocycles. The van der Waals surface area contributed by atoms with E-state index in [0.717, 1.165) is 4.88 Å². The number of aryl methyl sites for hydroxylation is 1. The van der Waals surface area contributed by atoms with Crippen LogP contribution >= 0.6 is 11.3 Å². The van der Waals surface area contributed by atoms with E-state index in [0.29, 0.717) is 31.0 Å². The van der Waals surface area contributed by atoms with E-state index in [1.54, 1.807) is 11.0 Å². The Hall–Kier alpha value is -1.93. The second-order valence-electron chi connectivity index (χ2n) is 6.02. The van der Waals surface area contributed by atoms with Gasteiger partial charge in [-0.1, -0.05) is 0 Å². The predicted molar refractivity (Wildman–Crippen MR) is 95.6 cm³/mol. The molecular formula is C17H25N3O4S. The summed E-state index contributed by atoms with van der Waals surface area (Å²) in [6.07, 6.45) is 0.637. The molecule has 1 aliphatic rings. The number of hydrogen-bond donors (Lipinski definition) is 2. The zero-order chi connectivity index (χ0) is 18.4. The Morgan fingerprint density at radius 3 is 2.72 bits per heavy atom. The van der Waals surface area contributed by atoms with Crippen molar-refractivity contribution in [1.29, 1.82) is 0 Å². The van der Waals surface area contributed by atoms with Crippen molar-refractivity contribution in [3.8, 4) is 0 Å². The lowest BCUT2D eigenvalue weighted by atomic mass is 10.1. The van der Waals surface area contributed by atoms with Crippen LogP contribution in [0, 0.1) is 6.92 Å². The molecule has 0 unspecified atom stereocenters. The maximum absolute atomic E-state index is 12.4. The summed E-state index contributed by atoms with van der Waals surface area (Å²) in [6, 6.07) is 2.88. The van der Waals surface area contributed by atoms with Gasteiger partial charge in [-0.15, -0.1) is 11.3 Å². The van der Waals surface area contributed by atoms with Gasteiger partial charge < -0.3 is 20.3 Å². The number of amides is 3. The minimum Gasteiger partial charge on any atom is -0.384 e. The first-order chi connectivity index (χ1) is 12.0. The summed E-state index contributed by atoms with van der Waals surface area (Å²) in [5, 5.41) is 5.71. The number of hydrogen-bond acceptors (Lipinski definition) is 5. The number of nitrogens with one attached hydrogen (secondary N) is 2. The Bertz CT molecular complexity index is 631. The minimum atomic E-state index is -0.556. The van der Waals surface area contributed by atoms with Crippen LogP contribution in [0.4, 0.5) is 0 Å². The van der Waals surface area contributed by atoms with Crippen molar-refractivity contribution in [2.45, 2.75) is 38.8 Å². The highest BCUT2D eigenvalue weighted by molar-refractivity contribution is 7.13. The Balaban J connectivity index is 2.04. The lowest BCUT2D eigenvalue weighted by Crippen LogP contribution is -2.46. The van der Waals surface area contributed by atoms with Crippen LogP contribution in [-0.4, -0.2) is 61.5 Å². The summed E-state index contributed by atoms with van der Waals surface area (Å²) in [7, 11) is 1.53. The first-order valence-electron chi connectivity index (χ1n) is 8.39. The minimum absolute atomic E-state index is 0.137. The van der Waals surface area contributed by atoms with Crippen molar-refractivity contribution in [3.63, 3.8) is 0 Å². The molecule has 1 saturated heterocycles. The quantitative estimate of drug-likeness (QED) is 0.750. The zero-order valence-corrected chi connectivity index (χ0v) is 15.6. The number of nitrogens with zero attached hydrogens (tertiary/aromatic N) is 1. The summed E-state index contributed by atoms with van der Waals surface area (Å²) in [5.41, 5.74) is 0. The Kier molecular flexibility index (Phi) is 6.95. The number of ether oxygens (including phenoxy) is 1. The molecule has 0 bridgehead atoms. The van der Waals surface area contributed by atoms with Crippen molar-refractivity contribution in [3.05, 3.63) is 21.9 Å². The van der Waals surface area contributed by atoms with Gasteiger partial charge in [-0.05, 0) is 32.4 Å². The molecular weight excluding hydrogens is 342 g/mol. The smallest absolute Gasteiger partial charge is 0.261 e. The van der Waals surface area contributed by atoms with Crippen LogP contribution in [0.5, 0.6) is 0 Å². The third kappa shape index (κ3) is 5.02. The van der Waals surface area contributed by atoms with E-state index in [4.69, 9.17) is 4.74 Å². The van der Waals surface area contributed by atoms with Gasteiger partial charge >= 0.3 is 0 Å². The maximum Gasteiger partial charge on any atom is 0.261 e. The van der Waals surface area contributed by atoms with Crippen molar-refractivity contribution < 1.29 is 19.1 Å². The molecule has 7 nitrogen and oxygen atoms in total. The molecule has 2 rings (SSSR count). The third-order valence-electron chi connectivity index (χ3n) is 4.09. The van der Waals surface area contributed by atoms with Gasteiger partial charge in [0.25, 0.3) is 5.91 Å². The van der Waals surface area contributed by atoms with Gasteiger partial charge in [0.05, 0.1) is 17.9 Å². The SMILES string of the molecule is CCNC(=O)[C@@H]1C[C@H](NC(=O)c2ccc(C)s2)CN1C(=O)CCOC. The van der Waals surface area contributed by atoms with Crippen LogP contribution in [0.25, 0.3) is 0 Å². The molecule has 138 valence electrons. The van der Waals surface area contributed by atoms with Gasteiger partial charge in [0.2, 0.25) is 11.8 Å². The molecule has 3 amide bonds. The molecule has 2 heterocycles. The van der Waals surface area contributed by atoms with Crippen molar-refractivity contribution in [2.24, 2.45) is 0 Å². The lowest BCUT2D eigenvalue weighted by molar-refractivity contribution is -0.139. The van der Waals surface area contributed by atoms with Crippen LogP contribution in [0.1, 0.15) is 34.3 Å². The molecule has 8 heteroatoms. The van der Waals surface area contributed by atoms with E-state index in [-0.39, 0.29) is 30.2 Å². The average Bonchev–Trinajstić information content (AvgIpc) is 3.19. The molecule has 0 saturated carbocycles. The van der Waals surface area contributed by atoms with Crippen molar-refractivity contribution in [2.75, 3.05) is 26.8 Å². The molecule has 2 N–H and O–H groups in total. The van der Waals surface area contributed by atoms with Gasteiger partial charge in [-0.3, -0.25) is 14.4 Å². The Morgan fingerprint density at radius 2 is 2.12 bits per heavy atom. The Labute approximate surface area is 151 Å². The van der Waals surface area contributed by atoms with Gasteiger partial charge in [-0.2, -0.15) is 0 Å². The number of rotatable bonds is 7. The number of methoxy groups -OCH3 is 1. The van der Waals surface area contributed by atoms with E-state index >= 15 is 0 Å². The standard InChI is InChI=1S/C17H25N3O4S/c1-4-18-16(22)13-9-12(10-20(13)15(21)7-8-24-3)19-17(23)14-6-5-11(2)25-14/h5-6,12-13H,4,7-10H2,1-3H3,(H,18,22)(H,19,23)/t12-,13-/m0/s1. The van der Waals surface area contributed by atoms with Crippen LogP contribution in [0.15, 0.2) is 12.1 Å². The summed E-state index contributed by atoms with van der Waals surface area (Å²) in [5.74, 6) is -0.484. The van der Waals surface area contributed by atoms with Crippen LogP contribution in [0.2, 0.25) is 0 Å². The number of thiophene rings is 1. The zero-order valence-electron chi connectivity index (χ0n) is 14.8. The Morgan fingerprint density at radius 1 is 1.36 bits per heavy atom. The molecule has 1 fully saturated rings. The van der Waals surface area contributed by atoms with Gasteiger partial charge in [0.15, 0.2) is 0 Å². The highest BCUT2D eigenvalue weighted by atomic mass is 32.1. The number of carbonyl (C=O) groups excluding carboxylic acids is 3. The molecule has 0 aliphatic carbocycles. The first-order valence-corrected chi connectivity index (χ1v) is 9.21. The van der Waals surface area contributed by atoms with Gasteiger partial charge in [0.1, 0.15) is 6.04 Å². The number of likely N-dealkylation sites (N-methyl/N-ethyl adjacent to an activating group) is 1. The fourth-order valence-corrected chi connectivity index (χ4v) is 3.67. The third-order valence-corrected chi connectivity index (χ3v) is 5.09. The lowest BCUT2D eigenvalue weighted by Gasteiger charge is -2.23. The second-order valence-corrected chi connectivity index (χ2v) is 7.30. The summed E-state index contributed by atoms with van der Waals surface area (Å²) in [4.78, 5) is 40.3. The highest BCUT2D eigenvalue weighted by Crippen LogP contribution is 2.21. The van der Waals surface area contributed by atoms with E-state index in [9.17, 15) is 14.4 Å². The van der Waals surface area contributed by atoms with Crippen molar-refractivity contribution >= 4 is 29.1 Å². The van der Waals surface area contributed by atoms with Gasteiger partial charge in [-0.25, -0.2) is 0 Å². The van der Waals surface area contributed by atoms with Gasteiger partial charge in [0, 0.05) is 31.1 Å². The summed E-state index contributed by atoms with van der Waals surface area (Å²) in [6.45, 7) is 4.92. The maximum atomic E-state index is 12.4. The highest BCUT2D eigenvalue weighted by Gasteiger charge is 2.39. The second kappa shape index (κ2) is 8.96. The predicted octanol–water partition coefficient (Wildman–Crippen LogP) is 0.928. The average molecular weight is 367 g/mol. The molecule has 0 aromatic carbocycles. The van der Waals surface area contributed by atoms with Crippen LogP contribution in [0.3, 0.4) is 0 Å². The fourth-order valence-electron chi connectivity index (χ4n) is 2.90. The number of likely N-dealkylation sites (tertiary alicyclic amines) is 1.